The Morgan fingerprint density at radius 1 is 1.03 bits per heavy atom. The van der Waals surface area contributed by atoms with Crippen LogP contribution in [0.25, 0.3) is 0 Å². The van der Waals surface area contributed by atoms with Crippen LogP contribution in [0.5, 0.6) is 11.5 Å². The zero-order valence-corrected chi connectivity index (χ0v) is 21.5. The number of benzene rings is 3. The first-order chi connectivity index (χ1) is 18.0. The van der Waals surface area contributed by atoms with Gasteiger partial charge < -0.3 is 14.8 Å². The Labute approximate surface area is 219 Å². The van der Waals surface area contributed by atoms with Gasteiger partial charge in [0, 0.05) is 11.6 Å². The Bertz CT molecular complexity index is 1410. The summed E-state index contributed by atoms with van der Waals surface area (Å²) in [6.45, 7) is 1.94. The summed E-state index contributed by atoms with van der Waals surface area (Å²) in [7, 11) is 3.11. The molecule has 3 aromatic carbocycles. The number of methoxy groups -OCH3 is 2. The van der Waals surface area contributed by atoms with Crippen LogP contribution in [0.15, 0.2) is 82.8 Å². The van der Waals surface area contributed by atoms with Gasteiger partial charge in [-0.25, -0.2) is 4.99 Å². The van der Waals surface area contributed by atoms with E-state index in [2.05, 4.69) is 10.3 Å². The highest BCUT2D eigenvalue weighted by Gasteiger charge is 2.43. The van der Waals surface area contributed by atoms with Gasteiger partial charge in [0.1, 0.15) is 23.4 Å². The van der Waals surface area contributed by atoms with Crippen LogP contribution in [0.4, 0.5) is 11.4 Å². The third kappa shape index (κ3) is 4.70. The molecule has 0 aliphatic carbocycles. The molecule has 0 saturated carbocycles. The maximum Gasteiger partial charge on any atom is 0.275 e. The van der Waals surface area contributed by atoms with Gasteiger partial charge in [-0.2, -0.15) is 4.99 Å². The van der Waals surface area contributed by atoms with E-state index >= 15 is 0 Å². The number of nitrogens with zero attached hydrogens (tertiary/aromatic N) is 3. The zero-order chi connectivity index (χ0) is 25.9. The Hall–Kier alpha value is -4.11. The van der Waals surface area contributed by atoms with Gasteiger partial charge in [0.25, 0.3) is 5.91 Å². The number of thioether (sulfide) groups is 1. The number of para-hydroxylation sites is 1. The summed E-state index contributed by atoms with van der Waals surface area (Å²) in [5.41, 5.74) is 2.87. The summed E-state index contributed by atoms with van der Waals surface area (Å²) >= 11 is 1.32. The maximum atomic E-state index is 13.4. The van der Waals surface area contributed by atoms with Crippen LogP contribution in [0.1, 0.15) is 30.5 Å². The maximum absolute atomic E-state index is 13.4. The minimum Gasteiger partial charge on any atom is -0.497 e. The number of ether oxygens (including phenoxy) is 2. The lowest BCUT2D eigenvalue weighted by Gasteiger charge is -2.32. The first-order valence-electron chi connectivity index (χ1n) is 11.9. The van der Waals surface area contributed by atoms with E-state index in [0.29, 0.717) is 40.3 Å². The average molecular weight is 515 g/mol. The number of hydrogen-bond donors (Lipinski definition) is 1. The summed E-state index contributed by atoms with van der Waals surface area (Å²) in [5.74, 6) is 1.23. The molecule has 2 unspecified atom stereocenters. The largest absolute Gasteiger partial charge is 0.497 e. The number of fused-ring (bicyclic) bond motifs is 3. The quantitative estimate of drug-likeness (QED) is 0.467. The van der Waals surface area contributed by atoms with Crippen molar-refractivity contribution in [3.8, 4) is 11.5 Å². The summed E-state index contributed by atoms with van der Waals surface area (Å²) in [6, 6.07) is 21.7. The number of rotatable bonds is 7. The molecule has 9 heteroatoms. The zero-order valence-electron chi connectivity index (χ0n) is 20.7. The second kappa shape index (κ2) is 10.5. The van der Waals surface area contributed by atoms with Crippen molar-refractivity contribution >= 4 is 46.0 Å². The lowest BCUT2D eigenvalue weighted by atomic mass is 10.0. The van der Waals surface area contributed by atoms with Crippen molar-refractivity contribution < 1.29 is 19.1 Å². The third-order valence-electron chi connectivity index (χ3n) is 6.20. The van der Waals surface area contributed by atoms with E-state index in [1.807, 2.05) is 66.4 Å². The van der Waals surface area contributed by atoms with Crippen LogP contribution in [-0.2, 0) is 9.59 Å². The summed E-state index contributed by atoms with van der Waals surface area (Å²) in [4.78, 5) is 37.7. The first-order valence-corrected chi connectivity index (χ1v) is 12.8. The van der Waals surface area contributed by atoms with E-state index < -0.39 is 11.3 Å². The molecule has 188 valence electrons. The molecule has 2 heterocycles. The van der Waals surface area contributed by atoms with E-state index in [-0.39, 0.29) is 11.8 Å². The summed E-state index contributed by atoms with van der Waals surface area (Å²) in [6.07, 6.45) is 0.542. The Balaban J connectivity index is 1.47. The molecule has 8 nitrogen and oxygen atoms in total. The number of hydrogen-bond acceptors (Lipinski definition) is 7. The molecule has 2 aliphatic rings. The number of nitrogens with one attached hydrogen (secondary N) is 1. The Morgan fingerprint density at radius 2 is 1.78 bits per heavy atom. The number of amides is 2. The lowest BCUT2D eigenvalue weighted by molar-refractivity contribution is -0.119. The highest BCUT2D eigenvalue weighted by atomic mass is 32.2. The van der Waals surface area contributed by atoms with Crippen LogP contribution in [-0.4, -0.2) is 47.2 Å². The van der Waals surface area contributed by atoms with Gasteiger partial charge in [-0.05, 0) is 36.2 Å². The number of aliphatic imine (C=N–C) groups is 2. The minimum absolute atomic E-state index is 0.196. The minimum atomic E-state index is -0.641. The predicted molar refractivity (Wildman–Crippen MR) is 146 cm³/mol. The molecule has 0 bridgehead atoms. The number of carbonyl (C=O) groups excluding carboxylic acids is 2. The molecule has 2 amide bonds. The fourth-order valence-corrected chi connectivity index (χ4v) is 5.38. The molecule has 0 saturated heterocycles. The number of carbonyl (C=O) groups is 2. The van der Waals surface area contributed by atoms with Crippen LogP contribution >= 0.6 is 11.8 Å². The normalized spacial score (nSPS) is 16.8. The fourth-order valence-electron chi connectivity index (χ4n) is 4.33. The van der Waals surface area contributed by atoms with Gasteiger partial charge in [0.2, 0.25) is 5.91 Å². The van der Waals surface area contributed by atoms with Gasteiger partial charge in [0.05, 0.1) is 30.8 Å². The molecule has 0 aromatic heterocycles. The van der Waals surface area contributed by atoms with E-state index in [1.54, 1.807) is 32.4 Å². The van der Waals surface area contributed by atoms with Crippen LogP contribution in [0.3, 0.4) is 0 Å². The lowest BCUT2D eigenvalue weighted by Crippen LogP contribution is -2.40. The fraction of sp³-hybridized carbons (Fsp3) is 0.214. The molecule has 2 atom stereocenters. The van der Waals surface area contributed by atoms with Crippen molar-refractivity contribution in [3.05, 3.63) is 83.9 Å². The SMILES string of the molecule is CCC(SC1=Nc2ccccc2C2=NC(=O)C(c3ccccc3)N12)C(=O)Nc1ccc(OC)cc1OC. The standard InChI is InChI=1S/C28H26N4O4S/c1-4-23(26(33)29-21-15-14-18(35-2)16-22(21)36-3)37-28-30-20-13-9-8-12-19(20)25-31-27(34)24(32(25)28)17-10-6-5-7-11-17/h5-16,23-24H,4H2,1-3H3,(H,29,33). The van der Waals surface area contributed by atoms with Gasteiger partial charge in [-0.1, -0.05) is 61.2 Å². The van der Waals surface area contributed by atoms with E-state index in [0.717, 1.165) is 11.1 Å². The molecule has 2 aliphatic heterocycles. The molecule has 0 radical (unpaired) electrons. The topological polar surface area (TPSA) is 92.6 Å². The molecular formula is C28H26N4O4S. The van der Waals surface area contributed by atoms with E-state index in [9.17, 15) is 9.59 Å². The Kier molecular flexibility index (Phi) is 6.96. The van der Waals surface area contributed by atoms with Gasteiger partial charge in [0.15, 0.2) is 5.17 Å². The van der Waals surface area contributed by atoms with Crippen molar-refractivity contribution in [2.75, 3.05) is 19.5 Å². The Morgan fingerprint density at radius 3 is 2.51 bits per heavy atom. The molecule has 37 heavy (non-hydrogen) atoms. The molecular weight excluding hydrogens is 488 g/mol. The van der Waals surface area contributed by atoms with Gasteiger partial charge in [-0.15, -0.1) is 0 Å². The highest BCUT2D eigenvalue weighted by molar-refractivity contribution is 8.15. The van der Waals surface area contributed by atoms with Crippen molar-refractivity contribution in [2.24, 2.45) is 9.98 Å². The second-order valence-electron chi connectivity index (χ2n) is 8.44. The van der Waals surface area contributed by atoms with E-state index in [1.165, 1.54) is 11.8 Å². The second-order valence-corrected chi connectivity index (χ2v) is 9.61. The summed E-state index contributed by atoms with van der Waals surface area (Å²) in [5, 5.41) is 3.05. The molecule has 1 N–H and O–H groups in total. The van der Waals surface area contributed by atoms with Crippen LogP contribution in [0, 0.1) is 0 Å². The van der Waals surface area contributed by atoms with E-state index in [4.69, 9.17) is 14.5 Å². The number of anilines is 1. The first kappa shape index (κ1) is 24.6. The summed E-state index contributed by atoms with van der Waals surface area (Å²) < 4.78 is 10.7. The van der Waals surface area contributed by atoms with Crippen molar-refractivity contribution in [1.29, 1.82) is 0 Å². The van der Waals surface area contributed by atoms with Gasteiger partial charge >= 0.3 is 0 Å². The third-order valence-corrected chi connectivity index (χ3v) is 7.53. The number of amidine groups is 2. The predicted octanol–water partition coefficient (Wildman–Crippen LogP) is 5.19. The average Bonchev–Trinajstić information content (AvgIpc) is 3.29. The monoisotopic (exact) mass is 514 g/mol. The smallest absolute Gasteiger partial charge is 0.275 e. The van der Waals surface area contributed by atoms with Crippen molar-refractivity contribution in [3.63, 3.8) is 0 Å². The molecule has 0 spiro atoms. The van der Waals surface area contributed by atoms with Crippen molar-refractivity contribution in [1.82, 2.24) is 4.90 Å². The van der Waals surface area contributed by atoms with Crippen LogP contribution in [0.2, 0.25) is 0 Å². The molecule has 0 fully saturated rings. The molecule has 3 aromatic rings. The highest BCUT2D eigenvalue weighted by Crippen LogP contribution is 2.41. The molecule has 5 rings (SSSR count). The van der Waals surface area contributed by atoms with Gasteiger partial charge in [-0.3, -0.25) is 14.5 Å². The van der Waals surface area contributed by atoms with Crippen LogP contribution < -0.4 is 14.8 Å². The van der Waals surface area contributed by atoms with Crippen molar-refractivity contribution in [2.45, 2.75) is 24.6 Å².